The molecule has 0 unspecified atom stereocenters. The summed E-state index contributed by atoms with van der Waals surface area (Å²) in [5.74, 6) is 0. The first kappa shape index (κ1) is 11.8. The minimum absolute atomic E-state index is 1.08. The molecule has 0 amide bonds. The molecule has 15 heavy (non-hydrogen) atoms. The van der Waals surface area contributed by atoms with Crippen molar-refractivity contribution < 1.29 is 0 Å². The van der Waals surface area contributed by atoms with E-state index in [1.807, 2.05) is 20.8 Å². The third-order valence-electron chi connectivity index (χ3n) is 2.78. The van der Waals surface area contributed by atoms with Crippen LogP contribution in [-0.4, -0.2) is 9.55 Å². The lowest BCUT2D eigenvalue weighted by molar-refractivity contribution is 0.892. The maximum atomic E-state index is 4.52. The van der Waals surface area contributed by atoms with Crippen LogP contribution in [0.4, 0.5) is 0 Å². The van der Waals surface area contributed by atoms with E-state index < -0.39 is 0 Å². The summed E-state index contributed by atoms with van der Waals surface area (Å²) < 4.78 is 2.15. The highest BCUT2D eigenvalue weighted by Crippen LogP contribution is 2.22. The molecular formula is C13H20N2. The molecule has 2 nitrogen and oxygen atoms in total. The van der Waals surface area contributed by atoms with Crippen molar-refractivity contribution in [2.24, 2.45) is 7.05 Å². The van der Waals surface area contributed by atoms with Gasteiger partial charge in [-0.3, -0.25) is 0 Å². The Bertz CT molecular complexity index is 467. The molecule has 2 rings (SSSR count). The SMILES string of the molecule is CC.Cc1ccc2c(C)c(C)n(C)c2n1. The van der Waals surface area contributed by atoms with E-state index >= 15 is 0 Å². The van der Waals surface area contributed by atoms with E-state index in [0.29, 0.717) is 0 Å². The molecule has 0 aromatic carbocycles. The average molecular weight is 204 g/mol. The molecule has 0 radical (unpaired) electrons. The number of fused-ring (bicyclic) bond motifs is 1. The smallest absolute Gasteiger partial charge is 0.140 e. The summed E-state index contributed by atoms with van der Waals surface area (Å²) in [6, 6.07) is 4.22. The Kier molecular flexibility index (Phi) is 3.51. The molecule has 0 saturated carbocycles. The largest absolute Gasteiger partial charge is 0.333 e. The predicted molar refractivity (Wildman–Crippen MR) is 66.3 cm³/mol. The average Bonchev–Trinajstić information content (AvgIpc) is 2.47. The van der Waals surface area contributed by atoms with Gasteiger partial charge in [0.05, 0.1) is 0 Å². The van der Waals surface area contributed by atoms with Crippen molar-refractivity contribution in [3.8, 4) is 0 Å². The number of hydrogen-bond donors (Lipinski definition) is 0. The fourth-order valence-corrected chi connectivity index (χ4v) is 1.70. The fourth-order valence-electron chi connectivity index (χ4n) is 1.70. The Morgan fingerprint density at radius 1 is 1.07 bits per heavy atom. The second-order valence-electron chi connectivity index (χ2n) is 3.59. The topological polar surface area (TPSA) is 17.8 Å². The van der Waals surface area contributed by atoms with E-state index in [2.05, 4.69) is 42.6 Å². The van der Waals surface area contributed by atoms with Crippen LogP contribution in [0.15, 0.2) is 12.1 Å². The van der Waals surface area contributed by atoms with Crippen LogP contribution in [0.5, 0.6) is 0 Å². The van der Waals surface area contributed by atoms with Crippen molar-refractivity contribution in [2.45, 2.75) is 34.6 Å². The molecule has 0 N–H and O–H groups in total. The third kappa shape index (κ3) is 1.89. The van der Waals surface area contributed by atoms with E-state index in [-0.39, 0.29) is 0 Å². The monoisotopic (exact) mass is 204 g/mol. The number of nitrogens with zero attached hydrogens (tertiary/aromatic N) is 2. The molecule has 0 aliphatic rings. The highest BCUT2D eigenvalue weighted by molar-refractivity contribution is 5.81. The highest BCUT2D eigenvalue weighted by atomic mass is 15.0. The van der Waals surface area contributed by atoms with Gasteiger partial charge in [-0.05, 0) is 38.5 Å². The standard InChI is InChI=1S/C11H14N2.C2H6/c1-7-5-6-10-8(2)9(3)13(4)11(10)12-7;1-2/h5-6H,1-4H3;1-2H3. The van der Waals surface area contributed by atoms with Gasteiger partial charge in [0.15, 0.2) is 0 Å². The van der Waals surface area contributed by atoms with Crippen LogP contribution >= 0.6 is 0 Å². The summed E-state index contributed by atoms with van der Waals surface area (Å²) in [6.07, 6.45) is 0. The van der Waals surface area contributed by atoms with Gasteiger partial charge in [0.1, 0.15) is 5.65 Å². The van der Waals surface area contributed by atoms with Gasteiger partial charge in [-0.1, -0.05) is 13.8 Å². The minimum Gasteiger partial charge on any atom is -0.333 e. The Hall–Kier alpha value is -1.31. The number of aromatic nitrogens is 2. The summed E-state index contributed by atoms with van der Waals surface area (Å²) in [5.41, 5.74) is 4.81. The zero-order chi connectivity index (χ0) is 11.6. The van der Waals surface area contributed by atoms with Crippen LogP contribution < -0.4 is 0 Å². The number of aryl methyl sites for hydroxylation is 3. The lowest BCUT2D eigenvalue weighted by Crippen LogP contribution is -1.93. The molecule has 0 aliphatic carbocycles. The maximum absolute atomic E-state index is 4.52. The van der Waals surface area contributed by atoms with Gasteiger partial charge in [-0.25, -0.2) is 4.98 Å². The zero-order valence-corrected chi connectivity index (χ0v) is 10.5. The van der Waals surface area contributed by atoms with Gasteiger partial charge in [0.25, 0.3) is 0 Å². The van der Waals surface area contributed by atoms with Crippen molar-refractivity contribution in [1.29, 1.82) is 0 Å². The minimum atomic E-state index is 1.08. The molecule has 2 aromatic rings. The summed E-state index contributed by atoms with van der Waals surface area (Å²) in [4.78, 5) is 4.52. The quantitative estimate of drug-likeness (QED) is 0.642. The normalized spacial score (nSPS) is 10.0. The molecule has 0 saturated heterocycles. The van der Waals surface area contributed by atoms with E-state index in [1.54, 1.807) is 0 Å². The first-order valence-corrected chi connectivity index (χ1v) is 5.50. The first-order valence-electron chi connectivity index (χ1n) is 5.50. The van der Waals surface area contributed by atoms with Gasteiger partial charge < -0.3 is 4.57 Å². The van der Waals surface area contributed by atoms with E-state index in [1.165, 1.54) is 16.6 Å². The number of rotatable bonds is 0. The fraction of sp³-hybridized carbons (Fsp3) is 0.462. The van der Waals surface area contributed by atoms with E-state index in [9.17, 15) is 0 Å². The Morgan fingerprint density at radius 3 is 2.27 bits per heavy atom. The molecular weight excluding hydrogens is 184 g/mol. The summed E-state index contributed by atoms with van der Waals surface area (Å²) in [7, 11) is 2.07. The van der Waals surface area contributed by atoms with E-state index in [4.69, 9.17) is 0 Å². The maximum Gasteiger partial charge on any atom is 0.140 e. The summed E-state index contributed by atoms with van der Waals surface area (Å²) >= 11 is 0. The molecule has 0 spiro atoms. The molecule has 0 bridgehead atoms. The van der Waals surface area contributed by atoms with Crippen molar-refractivity contribution >= 4 is 11.0 Å². The molecule has 0 aliphatic heterocycles. The zero-order valence-electron chi connectivity index (χ0n) is 10.5. The second-order valence-corrected chi connectivity index (χ2v) is 3.59. The van der Waals surface area contributed by atoms with Gasteiger partial charge >= 0.3 is 0 Å². The lowest BCUT2D eigenvalue weighted by atomic mass is 10.2. The molecule has 0 fully saturated rings. The first-order chi connectivity index (χ1) is 7.11. The van der Waals surface area contributed by atoms with Gasteiger partial charge in [0, 0.05) is 23.8 Å². The van der Waals surface area contributed by atoms with Crippen LogP contribution in [0, 0.1) is 20.8 Å². The van der Waals surface area contributed by atoms with Crippen molar-refractivity contribution in [3.05, 3.63) is 29.1 Å². The van der Waals surface area contributed by atoms with E-state index in [0.717, 1.165) is 11.3 Å². The van der Waals surface area contributed by atoms with Crippen molar-refractivity contribution in [1.82, 2.24) is 9.55 Å². The molecule has 2 heterocycles. The molecule has 2 aromatic heterocycles. The van der Waals surface area contributed by atoms with Crippen LogP contribution in [0.1, 0.15) is 30.8 Å². The van der Waals surface area contributed by atoms with Crippen LogP contribution in [0.25, 0.3) is 11.0 Å². The van der Waals surface area contributed by atoms with Crippen LogP contribution in [0.2, 0.25) is 0 Å². The van der Waals surface area contributed by atoms with Crippen LogP contribution in [0.3, 0.4) is 0 Å². The van der Waals surface area contributed by atoms with Gasteiger partial charge in [-0.15, -0.1) is 0 Å². The molecule has 82 valence electrons. The second kappa shape index (κ2) is 4.47. The lowest BCUT2D eigenvalue weighted by Gasteiger charge is -1.97. The molecule has 2 heteroatoms. The number of hydrogen-bond acceptors (Lipinski definition) is 1. The van der Waals surface area contributed by atoms with Crippen LogP contribution in [-0.2, 0) is 7.05 Å². The molecule has 0 atom stereocenters. The van der Waals surface area contributed by atoms with Crippen molar-refractivity contribution in [2.75, 3.05) is 0 Å². The predicted octanol–water partition coefficient (Wildman–Crippen LogP) is 3.52. The highest BCUT2D eigenvalue weighted by Gasteiger charge is 2.08. The Morgan fingerprint density at radius 2 is 1.67 bits per heavy atom. The Balaban J connectivity index is 0.000000531. The third-order valence-corrected chi connectivity index (χ3v) is 2.78. The van der Waals surface area contributed by atoms with Gasteiger partial charge in [0.2, 0.25) is 0 Å². The van der Waals surface area contributed by atoms with Crippen molar-refractivity contribution in [3.63, 3.8) is 0 Å². The van der Waals surface area contributed by atoms with Gasteiger partial charge in [-0.2, -0.15) is 0 Å². The summed E-state index contributed by atoms with van der Waals surface area (Å²) in [6.45, 7) is 10.3. The number of pyridine rings is 1. The summed E-state index contributed by atoms with van der Waals surface area (Å²) in [5, 5.41) is 1.27. The Labute approximate surface area is 91.9 Å².